The molecule has 4 saturated heterocycles. The molecule has 2 aromatic carbocycles. The van der Waals surface area contributed by atoms with Crippen LogP contribution in [0.15, 0.2) is 37.1 Å². The van der Waals surface area contributed by atoms with Crippen molar-refractivity contribution in [3.63, 3.8) is 0 Å². The number of anilines is 2. The molecule has 0 bridgehead atoms. The normalized spacial score (nSPS) is 22.7. The number of ether oxygens (including phenoxy) is 2. The minimum Gasteiger partial charge on any atom is -0.481 e. The lowest BCUT2D eigenvalue weighted by molar-refractivity contribution is -0.153. The van der Waals surface area contributed by atoms with Crippen molar-refractivity contribution in [2.24, 2.45) is 10.8 Å². The Morgan fingerprint density at radius 2 is 1.71 bits per heavy atom. The summed E-state index contributed by atoms with van der Waals surface area (Å²) >= 11 is 0. The first-order valence-electron chi connectivity index (χ1n) is 19.6. The van der Waals surface area contributed by atoms with Crippen LogP contribution in [0.1, 0.15) is 55.6 Å². The number of nitrogens with one attached hydrogen (secondary N) is 1. The van der Waals surface area contributed by atoms with Crippen LogP contribution in [0.4, 0.5) is 24.9 Å². The van der Waals surface area contributed by atoms with E-state index in [0.717, 1.165) is 110 Å². The largest absolute Gasteiger partial charge is 0.481 e. The molecule has 4 aromatic rings. The fourth-order valence-electron chi connectivity index (χ4n) is 9.77. The number of aromatic amines is 1. The summed E-state index contributed by atoms with van der Waals surface area (Å²) in [5, 5.41) is 8.92. The highest BCUT2D eigenvalue weighted by atomic mass is 19.4. The number of aromatic nitrogens is 4. The monoisotopic (exact) mass is 758 g/mol. The summed E-state index contributed by atoms with van der Waals surface area (Å²) in [7, 11) is 1.73. The van der Waals surface area contributed by atoms with E-state index in [-0.39, 0.29) is 28.4 Å². The third-order valence-corrected chi connectivity index (χ3v) is 12.9. The van der Waals surface area contributed by atoms with E-state index in [0.29, 0.717) is 49.8 Å². The van der Waals surface area contributed by atoms with Crippen LogP contribution in [-0.2, 0) is 9.53 Å². The van der Waals surface area contributed by atoms with Gasteiger partial charge in [-0.15, -0.1) is 0 Å². The zero-order valence-electron chi connectivity index (χ0n) is 31.7. The molecule has 5 fully saturated rings. The first kappa shape index (κ1) is 36.2. The van der Waals surface area contributed by atoms with Crippen molar-refractivity contribution >= 4 is 39.5 Å². The second kappa shape index (κ2) is 13.6. The molecule has 2 spiro atoms. The topological polar surface area (TPSA) is 103 Å². The average molecular weight is 759 g/mol. The Morgan fingerprint density at radius 3 is 2.42 bits per heavy atom. The Kier molecular flexibility index (Phi) is 8.99. The second-order valence-electron chi connectivity index (χ2n) is 16.8. The van der Waals surface area contributed by atoms with E-state index in [2.05, 4.69) is 37.5 Å². The Hall–Kier alpha value is -4.43. The number of carbonyl (C=O) groups is 1. The Balaban J connectivity index is 1.18. The summed E-state index contributed by atoms with van der Waals surface area (Å²) in [6, 6.07) is 6.08. The van der Waals surface area contributed by atoms with Crippen molar-refractivity contribution in [3.05, 3.63) is 48.2 Å². The van der Waals surface area contributed by atoms with Gasteiger partial charge in [0.2, 0.25) is 11.9 Å². The van der Waals surface area contributed by atoms with Crippen molar-refractivity contribution in [2.45, 2.75) is 57.5 Å². The molecule has 1 amide bonds. The predicted molar refractivity (Wildman–Crippen MR) is 206 cm³/mol. The maximum absolute atomic E-state index is 14.2. The molecule has 1 saturated carbocycles. The van der Waals surface area contributed by atoms with E-state index in [1.165, 1.54) is 6.08 Å². The van der Waals surface area contributed by atoms with Gasteiger partial charge in [0, 0.05) is 86.6 Å². The number of halogens is 3. The summed E-state index contributed by atoms with van der Waals surface area (Å²) in [4.78, 5) is 31.7. The maximum Gasteiger partial charge on any atom is 0.422 e. The molecule has 14 heteroatoms. The number of fused-ring (bicyclic) bond motifs is 2. The lowest BCUT2D eigenvalue weighted by Crippen LogP contribution is -2.61. The second-order valence-corrected chi connectivity index (χ2v) is 16.8. The van der Waals surface area contributed by atoms with Gasteiger partial charge in [-0.25, -0.2) is 4.98 Å². The van der Waals surface area contributed by atoms with Crippen LogP contribution in [0.25, 0.3) is 32.9 Å². The summed E-state index contributed by atoms with van der Waals surface area (Å²) in [5.41, 5.74) is 4.73. The summed E-state index contributed by atoms with van der Waals surface area (Å²) in [6.45, 7) is 12.1. The number of piperidine rings is 1. The third-order valence-electron chi connectivity index (χ3n) is 12.9. The van der Waals surface area contributed by atoms with Gasteiger partial charge in [0.15, 0.2) is 12.4 Å². The standard InChI is InChI=1S/C41H49F3N8O3/c1-4-32(53)52-23-40(24-52)10-14-50(15-11-40)37-29-19-28(27-6-7-27)34(33-26(2)5-8-31-30(33)20-45-48-31)36(55-25-41(42,43)44)35(29)46-38(47-37)51-16-12-39(22-51)9-13-49(21-39)17-18-54-3/h4-5,8,19-20,27H,1,6-7,9-18,21-25H2,2-3H3,(H,45,48). The van der Waals surface area contributed by atoms with E-state index in [1.54, 1.807) is 13.3 Å². The van der Waals surface area contributed by atoms with E-state index in [4.69, 9.17) is 19.4 Å². The molecule has 2 aromatic heterocycles. The van der Waals surface area contributed by atoms with E-state index in [9.17, 15) is 18.0 Å². The number of amides is 1. The van der Waals surface area contributed by atoms with Gasteiger partial charge < -0.3 is 29.1 Å². The number of methoxy groups -OCH3 is 1. The van der Waals surface area contributed by atoms with Crippen LogP contribution in [0.5, 0.6) is 5.75 Å². The quantitative estimate of drug-likeness (QED) is 0.183. The van der Waals surface area contributed by atoms with Gasteiger partial charge in [0.05, 0.1) is 18.3 Å². The molecule has 292 valence electrons. The smallest absolute Gasteiger partial charge is 0.422 e. The summed E-state index contributed by atoms with van der Waals surface area (Å²) in [5.74, 6) is 1.57. The first-order valence-corrected chi connectivity index (χ1v) is 19.6. The van der Waals surface area contributed by atoms with Crippen LogP contribution in [0.2, 0.25) is 0 Å². The number of likely N-dealkylation sites (tertiary alicyclic amines) is 2. The van der Waals surface area contributed by atoms with Gasteiger partial charge in [0.1, 0.15) is 11.3 Å². The SMILES string of the molecule is C=CC(=O)N1CC2(CCN(c3nc(N4CCC5(CCN(CCOC)C5)C4)nc4c(OCC(F)(F)F)c(-c5c(C)ccc6[nH]ncc56)c(C5CC5)cc34)CC2)C1. The molecule has 5 aliphatic rings. The van der Waals surface area contributed by atoms with Gasteiger partial charge >= 0.3 is 6.18 Å². The number of carbonyl (C=O) groups excluding carboxylic acids is 1. The van der Waals surface area contributed by atoms with E-state index in [1.807, 2.05) is 24.0 Å². The number of aryl methyl sites for hydroxylation is 1. The average Bonchev–Trinajstić information content (AvgIpc) is 3.54. The molecule has 1 atom stereocenters. The zero-order chi connectivity index (χ0) is 38.1. The number of benzene rings is 2. The minimum atomic E-state index is -4.56. The van der Waals surface area contributed by atoms with Crippen LogP contribution in [0, 0.1) is 17.8 Å². The molecular formula is C41H49F3N8O3. The van der Waals surface area contributed by atoms with Crippen LogP contribution in [0.3, 0.4) is 0 Å². The molecule has 0 radical (unpaired) electrons. The van der Waals surface area contributed by atoms with Crippen LogP contribution in [-0.4, -0.2) is 121 Å². The van der Waals surface area contributed by atoms with Crippen molar-refractivity contribution in [3.8, 4) is 16.9 Å². The Morgan fingerprint density at radius 1 is 0.982 bits per heavy atom. The van der Waals surface area contributed by atoms with Crippen molar-refractivity contribution < 1.29 is 27.4 Å². The summed E-state index contributed by atoms with van der Waals surface area (Å²) < 4.78 is 53.9. The molecule has 55 heavy (non-hydrogen) atoms. The maximum atomic E-state index is 14.2. The van der Waals surface area contributed by atoms with Gasteiger partial charge in [0.25, 0.3) is 0 Å². The fraction of sp³-hybridized carbons (Fsp3) is 0.561. The lowest BCUT2D eigenvalue weighted by Gasteiger charge is -2.54. The van der Waals surface area contributed by atoms with Gasteiger partial charge in [-0.05, 0) is 92.8 Å². The molecule has 4 aliphatic heterocycles. The Labute approximate surface area is 318 Å². The zero-order valence-corrected chi connectivity index (χ0v) is 31.7. The molecule has 9 rings (SSSR count). The first-order chi connectivity index (χ1) is 26.5. The number of rotatable bonds is 10. The number of alkyl halides is 3. The van der Waals surface area contributed by atoms with Crippen molar-refractivity contribution in [1.29, 1.82) is 0 Å². The number of hydrogen-bond acceptors (Lipinski definition) is 9. The summed E-state index contributed by atoms with van der Waals surface area (Å²) in [6.07, 6.45) is 4.26. The van der Waals surface area contributed by atoms with E-state index >= 15 is 0 Å². The third kappa shape index (κ3) is 6.68. The molecule has 6 heterocycles. The van der Waals surface area contributed by atoms with Gasteiger partial charge in [-0.2, -0.15) is 23.3 Å². The van der Waals surface area contributed by atoms with Crippen LogP contribution < -0.4 is 14.5 Å². The predicted octanol–water partition coefficient (Wildman–Crippen LogP) is 6.46. The van der Waals surface area contributed by atoms with Gasteiger partial charge in [-0.1, -0.05) is 12.6 Å². The van der Waals surface area contributed by atoms with Crippen LogP contribution >= 0.6 is 0 Å². The highest BCUT2D eigenvalue weighted by molar-refractivity contribution is 6.06. The molecule has 11 nitrogen and oxygen atoms in total. The van der Waals surface area contributed by atoms with Crippen molar-refractivity contribution in [1.82, 2.24) is 30.0 Å². The van der Waals surface area contributed by atoms with E-state index < -0.39 is 12.8 Å². The highest BCUT2D eigenvalue weighted by Crippen LogP contribution is 2.54. The fourth-order valence-corrected chi connectivity index (χ4v) is 9.77. The lowest BCUT2D eigenvalue weighted by atomic mass is 9.72. The van der Waals surface area contributed by atoms with Crippen molar-refractivity contribution in [2.75, 3.05) is 89.0 Å². The van der Waals surface area contributed by atoms with Gasteiger partial charge in [-0.3, -0.25) is 9.89 Å². The molecular weight excluding hydrogens is 709 g/mol. The number of H-pyrrole nitrogens is 1. The molecule has 1 unspecified atom stereocenters. The Bertz CT molecular complexity index is 2130. The number of nitrogens with zero attached hydrogens (tertiary/aromatic N) is 7. The minimum absolute atomic E-state index is 0.0388. The molecule has 1 N–H and O–H groups in total. The number of hydrogen-bond donors (Lipinski definition) is 1. The molecule has 1 aliphatic carbocycles. The highest BCUT2D eigenvalue weighted by Gasteiger charge is 2.48.